The fraction of sp³-hybridized carbons (Fsp3) is 0.688. The van der Waals surface area contributed by atoms with Gasteiger partial charge < -0.3 is 20.0 Å². The molecule has 0 aromatic carbocycles. The van der Waals surface area contributed by atoms with Gasteiger partial charge in [-0.05, 0) is 56.6 Å². The number of rotatable bonds is 9. The molecule has 2 saturated heterocycles. The Labute approximate surface area is 267 Å². The Morgan fingerprint density at radius 1 is 1.13 bits per heavy atom. The minimum Gasteiger partial charge on any atom is -0.367 e. The van der Waals surface area contributed by atoms with Gasteiger partial charge in [0.1, 0.15) is 28.7 Å². The number of likely N-dealkylation sites (tertiary alicyclic amines) is 1. The van der Waals surface area contributed by atoms with Crippen LogP contribution in [0.2, 0.25) is 0 Å². The lowest BCUT2D eigenvalue weighted by Gasteiger charge is -2.45. The van der Waals surface area contributed by atoms with E-state index in [1.54, 1.807) is 6.07 Å². The molecule has 4 aliphatic rings. The van der Waals surface area contributed by atoms with Crippen molar-refractivity contribution in [2.75, 3.05) is 57.7 Å². The van der Waals surface area contributed by atoms with Crippen LogP contribution in [-0.2, 0) is 11.2 Å². The summed E-state index contributed by atoms with van der Waals surface area (Å²) < 4.78 is 38.8. The smallest absolute Gasteiger partial charge is 0.367 e. The van der Waals surface area contributed by atoms with Crippen LogP contribution < -0.4 is 5.32 Å². The van der Waals surface area contributed by atoms with Crippen molar-refractivity contribution >= 4 is 33.8 Å². The van der Waals surface area contributed by atoms with Crippen LogP contribution in [0.25, 0.3) is 10.2 Å². The number of fused-ring (bicyclic) bond motifs is 2. The minimum absolute atomic E-state index is 0.214. The molecule has 2 aromatic rings. The molecule has 5 atom stereocenters. The monoisotopic (exact) mass is 644 g/mol. The molecule has 0 bridgehead atoms. The largest absolute Gasteiger partial charge is 0.393 e. The van der Waals surface area contributed by atoms with Crippen molar-refractivity contribution in [2.24, 2.45) is 17.8 Å². The first-order valence-electron chi connectivity index (χ1n) is 16.2. The number of hydrogen-bond acceptors (Lipinski definition) is 9. The van der Waals surface area contributed by atoms with Crippen LogP contribution in [0.5, 0.6) is 0 Å². The molecule has 1 aliphatic carbocycles. The maximum Gasteiger partial charge on any atom is 0.393 e. The van der Waals surface area contributed by atoms with Gasteiger partial charge in [-0.3, -0.25) is 9.69 Å². The van der Waals surface area contributed by atoms with Crippen LogP contribution in [0.3, 0.4) is 0 Å². The van der Waals surface area contributed by atoms with E-state index >= 15 is 0 Å². The van der Waals surface area contributed by atoms with Gasteiger partial charge in [-0.1, -0.05) is 6.92 Å². The summed E-state index contributed by atoms with van der Waals surface area (Å²) in [5.41, 5.74) is 0.817. The number of piperazine rings is 1. The summed E-state index contributed by atoms with van der Waals surface area (Å²) in [6.45, 7) is 11.7. The minimum atomic E-state index is -4.25. The molecule has 45 heavy (non-hydrogen) atoms. The molecule has 5 unspecified atom stereocenters. The zero-order valence-electron chi connectivity index (χ0n) is 26.0. The average molecular weight is 645 g/mol. The molecule has 5 heterocycles. The topological polar surface area (TPSA) is 91.6 Å². The number of carbonyl (C=O) groups excluding carboxylic acids is 1. The summed E-state index contributed by atoms with van der Waals surface area (Å²) in [5.74, 6) is 2.06. The Balaban J connectivity index is 1.00. The quantitative estimate of drug-likeness (QED) is 0.397. The van der Waals surface area contributed by atoms with E-state index in [2.05, 4.69) is 56.0 Å². The SMILES string of the molecule is CC1C(CN2CCC(Nc3ncnc4sc(CC(F)(F)F)cc34)CC2)CCC2C1C=C(C#N)N2CC(C)N1CCN(C=O)CC1. The fourth-order valence-corrected chi connectivity index (χ4v) is 8.98. The van der Waals surface area contributed by atoms with Gasteiger partial charge >= 0.3 is 6.18 Å². The van der Waals surface area contributed by atoms with E-state index in [0.717, 1.165) is 101 Å². The molecule has 1 amide bonds. The van der Waals surface area contributed by atoms with Crippen LogP contribution in [-0.4, -0.2) is 113 Å². The van der Waals surface area contributed by atoms with Crippen LogP contribution in [0.1, 0.15) is 44.4 Å². The Bertz CT molecular complexity index is 1410. The van der Waals surface area contributed by atoms with Gasteiger partial charge in [-0.25, -0.2) is 9.97 Å². The number of nitrogens with zero attached hydrogens (tertiary/aromatic N) is 7. The molecule has 3 fully saturated rings. The Morgan fingerprint density at radius 2 is 1.89 bits per heavy atom. The summed E-state index contributed by atoms with van der Waals surface area (Å²) in [6.07, 6.45) is 3.54. The summed E-state index contributed by atoms with van der Waals surface area (Å²) in [6, 6.07) is 4.98. The number of piperidine rings is 1. The highest BCUT2D eigenvalue weighted by molar-refractivity contribution is 7.18. The zero-order chi connectivity index (χ0) is 31.7. The van der Waals surface area contributed by atoms with E-state index in [-0.39, 0.29) is 10.9 Å². The predicted octanol–water partition coefficient (Wildman–Crippen LogP) is 4.59. The van der Waals surface area contributed by atoms with Crippen molar-refractivity contribution in [3.63, 3.8) is 0 Å². The number of aromatic nitrogens is 2. The van der Waals surface area contributed by atoms with Crippen molar-refractivity contribution in [3.05, 3.63) is 29.0 Å². The molecule has 0 spiro atoms. The van der Waals surface area contributed by atoms with Gasteiger partial charge in [0, 0.05) is 81.3 Å². The number of nitrogens with one attached hydrogen (secondary N) is 1. The first kappa shape index (κ1) is 32.0. The van der Waals surface area contributed by atoms with Gasteiger partial charge in [-0.2, -0.15) is 18.4 Å². The second-order valence-electron chi connectivity index (χ2n) is 13.3. The van der Waals surface area contributed by atoms with Gasteiger partial charge in [-0.15, -0.1) is 11.3 Å². The molecule has 1 saturated carbocycles. The molecule has 244 valence electrons. The second kappa shape index (κ2) is 13.4. The molecular weight excluding hydrogens is 601 g/mol. The van der Waals surface area contributed by atoms with Crippen LogP contribution >= 0.6 is 11.3 Å². The number of alkyl halides is 3. The first-order valence-corrected chi connectivity index (χ1v) is 17.0. The molecule has 3 aliphatic heterocycles. The fourth-order valence-electron chi connectivity index (χ4n) is 7.95. The summed E-state index contributed by atoms with van der Waals surface area (Å²) in [7, 11) is 0. The number of nitriles is 1. The number of allylic oxidation sites excluding steroid dienone is 1. The second-order valence-corrected chi connectivity index (χ2v) is 14.5. The van der Waals surface area contributed by atoms with E-state index in [0.29, 0.717) is 45.9 Å². The average Bonchev–Trinajstić information content (AvgIpc) is 3.60. The molecule has 1 N–H and O–H groups in total. The van der Waals surface area contributed by atoms with Crippen LogP contribution in [0, 0.1) is 29.1 Å². The standard InChI is InChI=1S/C32H43F3N8OS/c1-21(42-11-9-41(20-44)10-12-42)17-43-25(16-36)13-27-22(2)23(3-4-29(27)43)18-40-7-5-24(6-8-40)39-30-28-14-26(15-32(33,34)35)45-31(28)38-19-37-30/h13-14,19-24,27,29H,3-12,15,17-18H2,1-2H3,(H,37,38,39). The maximum absolute atomic E-state index is 12.9. The number of thiophene rings is 1. The van der Waals surface area contributed by atoms with Crippen molar-refractivity contribution in [1.29, 1.82) is 5.26 Å². The number of hydrogen-bond donors (Lipinski definition) is 1. The van der Waals surface area contributed by atoms with E-state index in [9.17, 15) is 23.2 Å². The van der Waals surface area contributed by atoms with E-state index in [1.165, 1.54) is 6.33 Å². The molecule has 9 nitrogen and oxygen atoms in total. The highest BCUT2D eigenvalue weighted by Crippen LogP contribution is 2.44. The van der Waals surface area contributed by atoms with Crippen molar-refractivity contribution in [3.8, 4) is 6.07 Å². The van der Waals surface area contributed by atoms with Crippen LogP contribution in [0.15, 0.2) is 24.2 Å². The third-order valence-corrected chi connectivity index (χ3v) is 11.6. The summed E-state index contributed by atoms with van der Waals surface area (Å²) >= 11 is 1.08. The van der Waals surface area contributed by atoms with Gasteiger partial charge in [0.2, 0.25) is 6.41 Å². The van der Waals surface area contributed by atoms with Gasteiger partial charge in [0.15, 0.2) is 0 Å². The lowest BCUT2D eigenvalue weighted by molar-refractivity contribution is -0.126. The van der Waals surface area contributed by atoms with Crippen molar-refractivity contribution in [2.45, 2.75) is 70.3 Å². The molecule has 2 aromatic heterocycles. The zero-order valence-corrected chi connectivity index (χ0v) is 26.9. The highest BCUT2D eigenvalue weighted by atomic mass is 32.1. The normalized spacial score (nSPS) is 27.7. The Morgan fingerprint density at radius 3 is 2.58 bits per heavy atom. The lowest BCUT2D eigenvalue weighted by Crippen LogP contribution is -2.53. The van der Waals surface area contributed by atoms with Crippen LogP contribution in [0.4, 0.5) is 19.0 Å². The number of amides is 1. The van der Waals surface area contributed by atoms with E-state index in [1.807, 2.05) is 4.90 Å². The molecule has 13 heteroatoms. The molecular formula is C32H43F3N8OS. The third-order valence-electron chi connectivity index (χ3n) is 10.6. The lowest BCUT2D eigenvalue weighted by atomic mass is 9.70. The van der Waals surface area contributed by atoms with Gasteiger partial charge in [0.05, 0.1) is 11.8 Å². The number of anilines is 1. The molecule has 0 radical (unpaired) electrons. The number of halogens is 3. The van der Waals surface area contributed by atoms with E-state index in [4.69, 9.17) is 0 Å². The molecule has 6 rings (SSSR count). The Kier molecular flexibility index (Phi) is 9.54. The number of carbonyl (C=O) groups is 1. The Hall–Kier alpha value is -2.95. The summed E-state index contributed by atoms with van der Waals surface area (Å²) in [5, 5.41) is 14.2. The van der Waals surface area contributed by atoms with Crippen molar-refractivity contribution < 1.29 is 18.0 Å². The summed E-state index contributed by atoms with van der Waals surface area (Å²) in [4.78, 5) is 29.7. The first-order chi connectivity index (χ1) is 21.6. The van der Waals surface area contributed by atoms with E-state index < -0.39 is 12.6 Å². The highest BCUT2D eigenvalue weighted by Gasteiger charge is 2.44. The predicted molar refractivity (Wildman–Crippen MR) is 168 cm³/mol. The maximum atomic E-state index is 12.9. The van der Waals surface area contributed by atoms with Crippen molar-refractivity contribution in [1.82, 2.24) is 29.6 Å². The third kappa shape index (κ3) is 7.23. The van der Waals surface area contributed by atoms with Gasteiger partial charge in [0.25, 0.3) is 0 Å².